The van der Waals surface area contributed by atoms with Crippen LogP contribution in [0.3, 0.4) is 0 Å². The highest BCUT2D eigenvalue weighted by molar-refractivity contribution is 7.86. The molecule has 24 heavy (non-hydrogen) atoms. The average Bonchev–Trinajstić information content (AvgIpc) is 2.48. The molecule has 6 nitrogen and oxygen atoms in total. The van der Waals surface area contributed by atoms with Crippen LogP contribution in [0.2, 0.25) is 0 Å². The van der Waals surface area contributed by atoms with Crippen LogP contribution in [0, 0.1) is 0 Å². The highest BCUT2D eigenvalue weighted by Crippen LogP contribution is 2.14. The zero-order valence-electron chi connectivity index (χ0n) is 15.2. The summed E-state index contributed by atoms with van der Waals surface area (Å²) in [5.74, 6) is -0.964. The van der Waals surface area contributed by atoms with E-state index < -0.39 is 27.5 Å². The fourth-order valence-corrected chi connectivity index (χ4v) is 3.62. The molecule has 0 aromatic carbocycles. The van der Waals surface area contributed by atoms with Crippen LogP contribution in [0.5, 0.6) is 0 Å². The van der Waals surface area contributed by atoms with Crippen LogP contribution >= 0.6 is 0 Å². The van der Waals surface area contributed by atoms with Gasteiger partial charge in [0.1, 0.15) is 5.37 Å². The molecule has 3 N–H and O–H groups in total. The molecule has 0 aliphatic rings. The van der Waals surface area contributed by atoms with Crippen LogP contribution in [-0.4, -0.2) is 35.5 Å². The summed E-state index contributed by atoms with van der Waals surface area (Å²) in [6.07, 6.45) is 11.3. The molecular weight excluding hydrogens is 330 g/mol. The maximum absolute atomic E-state index is 11.3. The third kappa shape index (κ3) is 12.7. The maximum Gasteiger partial charge on any atom is 0.304 e. The topological polar surface area (TPSA) is 104 Å². The predicted octanol–water partition coefficient (Wildman–Crippen LogP) is 3.96. The molecule has 0 spiro atoms. The first kappa shape index (κ1) is 23.3. The van der Waals surface area contributed by atoms with Gasteiger partial charge in [0.15, 0.2) is 0 Å². The number of unbranched alkanes of at least 4 members (excludes halogenated alkanes) is 8. The largest absolute Gasteiger partial charge is 0.481 e. The molecule has 0 aliphatic carbocycles. The quantitative estimate of drug-likeness (QED) is 0.282. The van der Waals surface area contributed by atoms with Gasteiger partial charge >= 0.3 is 5.97 Å². The Kier molecular flexibility index (Phi) is 13.2. The number of carboxylic acids is 1. The number of hydrogen-bond acceptors (Lipinski definition) is 4. The van der Waals surface area contributed by atoms with E-state index in [1.807, 2.05) is 0 Å². The lowest BCUT2D eigenvalue weighted by Gasteiger charge is -2.22. The highest BCUT2D eigenvalue weighted by atomic mass is 32.2. The van der Waals surface area contributed by atoms with E-state index in [4.69, 9.17) is 9.66 Å². The Balaban J connectivity index is 4.06. The van der Waals surface area contributed by atoms with E-state index >= 15 is 0 Å². The van der Waals surface area contributed by atoms with Crippen LogP contribution in [0.25, 0.3) is 0 Å². The minimum atomic E-state index is -4.20. The lowest BCUT2D eigenvalue weighted by atomic mass is 10.0. The standard InChI is InChI=1S/C17H35NO5S/c1-3-5-6-7-8-9-10-11-12-13-15(14-17(19)20)18-16(4-2)24(21,22)23/h15-16,18H,3-14H2,1-2H3,(H,19,20)(H,21,22,23). The summed E-state index contributed by atoms with van der Waals surface area (Å²) in [5.41, 5.74) is 0. The number of carboxylic acid groups (broad SMARTS) is 1. The smallest absolute Gasteiger partial charge is 0.304 e. The molecule has 2 unspecified atom stereocenters. The molecule has 7 heteroatoms. The SMILES string of the molecule is CCCCCCCCCCCC(CC(=O)O)NC(CC)S(=O)(=O)O. The summed E-state index contributed by atoms with van der Waals surface area (Å²) in [6.45, 7) is 3.84. The first-order valence-corrected chi connectivity index (χ1v) is 10.8. The van der Waals surface area contributed by atoms with Crippen LogP contribution in [0.15, 0.2) is 0 Å². The molecule has 0 saturated heterocycles. The summed E-state index contributed by atoms with van der Waals surface area (Å²) < 4.78 is 31.7. The summed E-state index contributed by atoms with van der Waals surface area (Å²) in [4.78, 5) is 10.9. The van der Waals surface area contributed by atoms with Crippen molar-refractivity contribution in [1.29, 1.82) is 0 Å². The van der Waals surface area contributed by atoms with E-state index in [0.29, 0.717) is 6.42 Å². The monoisotopic (exact) mass is 365 g/mol. The van der Waals surface area contributed by atoms with Gasteiger partial charge < -0.3 is 5.11 Å². The van der Waals surface area contributed by atoms with Crippen LogP contribution in [0.1, 0.15) is 90.9 Å². The van der Waals surface area contributed by atoms with Crippen molar-refractivity contribution < 1.29 is 22.9 Å². The number of aliphatic carboxylic acids is 1. The Labute approximate surface area is 147 Å². The summed E-state index contributed by atoms with van der Waals surface area (Å²) in [7, 11) is -4.20. The normalized spacial score (nSPS) is 14.5. The summed E-state index contributed by atoms with van der Waals surface area (Å²) in [6, 6.07) is -0.432. The molecule has 0 aromatic heterocycles. The average molecular weight is 366 g/mol. The van der Waals surface area contributed by atoms with Gasteiger partial charge in [-0.05, 0) is 12.8 Å². The Morgan fingerprint density at radius 1 is 0.958 bits per heavy atom. The fourth-order valence-electron chi connectivity index (χ4n) is 2.83. The van der Waals surface area contributed by atoms with Gasteiger partial charge in [-0.2, -0.15) is 8.42 Å². The van der Waals surface area contributed by atoms with Crippen LogP contribution < -0.4 is 5.32 Å². The molecule has 0 bridgehead atoms. The third-order valence-corrected chi connectivity index (χ3v) is 5.42. The maximum atomic E-state index is 11.3. The molecule has 2 atom stereocenters. The van der Waals surface area contributed by atoms with Crippen molar-refractivity contribution in [1.82, 2.24) is 5.32 Å². The molecule has 0 radical (unpaired) electrons. The molecular formula is C17H35NO5S. The number of hydrogen-bond donors (Lipinski definition) is 3. The molecule has 0 saturated carbocycles. The molecule has 0 heterocycles. The fraction of sp³-hybridized carbons (Fsp3) is 0.941. The van der Waals surface area contributed by atoms with Crippen molar-refractivity contribution in [3.8, 4) is 0 Å². The lowest BCUT2D eigenvalue weighted by molar-refractivity contribution is -0.137. The lowest BCUT2D eigenvalue weighted by Crippen LogP contribution is -2.43. The van der Waals surface area contributed by atoms with Gasteiger partial charge in [0.25, 0.3) is 10.1 Å². The molecule has 144 valence electrons. The van der Waals surface area contributed by atoms with E-state index in [9.17, 15) is 13.2 Å². The Bertz CT molecular complexity index is 425. The Morgan fingerprint density at radius 3 is 1.88 bits per heavy atom. The number of carbonyl (C=O) groups is 1. The first-order valence-electron chi connectivity index (χ1n) is 9.25. The predicted molar refractivity (Wildman–Crippen MR) is 96.6 cm³/mol. The van der Waals surface area contributed by atoms with Gasteiger partial charge in [0.2, 0.25) is 0 Å². The van der Waals surface area contributed by atoms with Gasteiger partial charge in [-0.1, -0.05) is 71.6 Å². The van der Waals surface area contributed by atoms with Crippen molar-refractivity contribution in [2.75, 3.05) is 0 Å². The van der Waals surface area contributed by atoms with Crippen molar-refractivity contribution >= 4 is 16.1 Å². The van der Waals surface area contributed by atoms with E-state index in [0.717, 1.165) is 19.3 Å². The molecule has 0 aromatic rings. The molecule has 0 amide bonds. The van der Waals surface area contributed by atoms with Crippen LogP contribution in [-0.2, 0) is 14.9 Å². The van der Waals surface area contributed by atoms with Crippen molar-refractivity contribution in [2.45, 2.75) is 102 Å². The Hall–Kier alpha value is -0.660. The van der Waals surface area contributed by atoms with E-state index in [1.54, 1.807) is 6.92 Å². The van der Waals surface area contributed by atoms with Crippen LogP contribution in [0.4, 0.5) is 0 Å². The second-order valence-corrected chi connectivity index (χ2v) is 8.09. The zero-order chi connectivity index (χ0) is 18.4. The summed E-state index contributed by atoms with van der Waals surface area (Å²) >= 11 is 0. The molecule has 0 rings (SSSR count). The minimum Gasteiger partial charge on any atom is -0.481 e. The Morgan fingerprint density at radius 2 is 1.46 bits per heavy atom. The first-order chi connectivity index (χ1) is 11.3. The van der Waals surface area contributed by atoms with E-state index in [2.05, 4.69) is 12.2 Å². The van der Waals surface area contributed by atoms with Gasteiger partial charge in [0, 0.05) is 6.04 Å². The summed E-state index contributed by atoms with van der Waals surface area (Å²) in [5, 5.41) is 10.6. The van der Waals surface area contributed by atoms with E-state index in [1.165, 1.54) is 38.5 Å². The highest BCUT2D eigenvalue weighted by Gasteiger charge is 2.25. The van der Waals surface area contributed by atoms with E-state index in [-0.39, 0.29) is 12.8 Å². The van der Waals surface area contributed by atoms with Crippen molar-refractivity contribution in [3.63, 3.8) is 0 Å². The van der Waals surface area contributed by atoms with Crippen molar-refractivity contribution in [3.05, 3.63) is 0 Å². The minimum absolute atomic E-state index is 0.136. The third-order valence-electron chi connectivity index (χ3n) is 4.23. The molecule has 0 aliphatic heterocycles. The number of rotatable bonds is 16. The second kappa shape index (κ2) is 13.6. The van der Waals surface area contributed by atoms with Gasteiger partial charge in [-0.25, -0.2) is 0 Å². The van der Waals surface area contributed by atoms with Gasteiger partial charge in [-0.3, -0.25) is 14.7 Å². The van der Waals surface area contributed by atoms with Gasteiger partial charge in [0.05, 0.1) is 6.42 Å². The second-order valence-electron chi connectivity index (χ2n) is 6.49. The molecule has 0 fully saturated rings. The van der Waals surface area contributed by atoms with Crippen molar-refractivity contribution in [2.24, 2.45) is 0 Å². The van der Waals surface area contributed by atoms with Gasteiger partial charge in [-0.15, -0.1) is 0 Å². The zero-order valence-corrected chi connectivity index (χ0v) is 16.0. The number of nitrogens with one attached hydrogen (secondary N) is 1.